The summed E-state index contributed by atoms with van der Waals surface area (Å²) in [4.78, 5) is 0. The van der Waals surface area contributed by atoms with Crippen LogP contribution >= 0.6 is 23.2 Å². The van der Waals surface area contributed by atoms with Gasteiger partial charge in [-0.1, -0.05) is 58.3 Å². The summed E-state index contributed by atoms with van der Waals surface area (Å²) in [6, 6.07) is 0. The highest BCUT2D eigenvalue weighted by atomic mass is 35.5. The number of hydrogen-bond donors (Lipinski definition) is 0. The molecule has 14 heavy (non-hydrogen) atoms. The van der Waals surface area contributed by atoms with Gasteiger partial charge in [-0.3, -0.25) is 0 Å². The maximum Gasteiger partial charge on any atom is 0.0677 e. The largest absolute Gasteiger partial charge is 0.121 e. The van der Waals surface area contributed by atoms with E-state index < -0.39 is 0 Å². The average Bonchev–Trinajstić information content (AvgIpc) is 2.21. The van der Waals surface area contributed by atoms with Crippen molar-refractivity contribution >= 4 is 23.2 Å². The van der Waals surface area contributed by atoms with Gasteiger partial charge in [0.2, 0.25) is 0 Å². The van der Waals surface area contributed by atoms with Gasteiger partial charge < -0.3 is 0 Å². The van der Waals surface area contributed by atoms with Crippen LogP contribution in [0.4, 0.5) is 0 Å². The number of alkyl halides is 1. The molecule has 0 aromatic heterocycles. The molecular formula is C12H22Cl2. The maximum absolute atomic E-state index is 5.85. The third-order valence-corrected chi connectivity index (χ3v) is 3.14. The normalized spacial score (nSPS) is 13.1. The summed E-state index contributed by atoms with van der Waals surface area (Å²) in [5.74, 6) is 1.55. The smallest absolute Gasteiger partial charge is 0.0677 e. The van der Waals surface area contributed by atoms with Gasteiger partial charge >= 0.3 is 0 Å². The summed E-state index contributed by atoms with van der Waals surface area (Å²) in [6.07, 6.45) is 11.3. The molecule has 0 aliphatic carbocycles. The Morgan fingerprint density at radius 2 is 1.43 bits per heavy atom. The Bertz CT molecular complexity index is 104. The highest BCUT2D eigenvalue weighted by Gasteiger charge is 2.01. The first-order valence-electron chi connectivity index (χ1n) is 5.68. The molecule has 2 radical (unpaired) electrons. The second-order valence-corrected chi connectivity index (χ2v) is 4.57. The lowest BCUT2D eigenvalue weighted by Crippen LogP contribution is -1.94. The molecule has 0 aromatic carbocycles. The number of hydrogen-bond acceptors (Lipinski definition) is 0. The van der Waals surface area contributed by atoms with Crippen LogP contribution in [-0.4, -0.2) is 5.38 Å². The topological polar surface area (TPSA) is 0 Å². The average molecular weight is 237 g/mol. The molecule has 0 rings (SSSR count). The zero-order valence-electron chi connectivity index (χ0n) is 8.98. The molecule has 2 heteroatoms. The van der Waals surface area contributed by atoms with E-state index in [1.54, 1.807) is 5.88 Å². The highest BCUT2D eigenvalue weighted by molar-refractivity contribution is 6.31. The van der Waals surface area contributed by atoms with Crippen LogP contribution in [-0.2, 0) is 0 Å². The maximum atomic E-state index is 5.85. The quantitative estimate of drug-likeness (QED) is 0.355. The first-order valence-corrected chi connectivity index (χ1v) is 6.55. The minimum Gasteiger partial charge on any atom is -0.121 e. The highest BCUT2D eigenvalue weighted by Crippen LogP contribution is 2.15. The fraction of sp³-hybridized carbons (Fsp3) is 0.833. The summed E-state index contributed by atoms with van der Waals surface area (Å²) in [5, 5.41) is 0.0582. The van der Waals surface area contributed by atoms with E-state index in [-0.39, 0.29) is 5.38 Å². The molecular weight excluding hydrogens is 215 g/mol. The fourth-order valence-corrected chi connectivity index (χ4v) is 1.74. The zero-order chi connectivity index (χ0) is 10.6. The third-order valence-electron chi connectivity index (χ3n) is 2.37. The molecule has 0 N–H and O–H groups in total. The van der Waals surface area contributed by atoms with E-state index in [1.165, 1.54) is 44.9 Å². The summed E-state index contributed by atoms with van der Waals surface area (Å²) >= 11 is 11.3. The van der Waals surface area contributed by atoms with Crippen LogP contribution in [0, 0.1) is 12.8 Å². The Balaban J connectivity index is 2.92. The Kier molecular flexibility index (Phi) is 12.1. The van der Waals surface area contributed by atoms with Crippen molar-refractivity contribution in [3.05, 3.63) is 12.8 Å². The predicted octanol–water partition coefficient (Wildman–Crippen LogP) is 5.34. The fourth-order valence-electron chi connectivity index (χ4n) is 1.46. The second-order valence-electron chi connectivity index (χ2n) is 3.76. The van der Waals surface area contributed by atoms with Gasteiger partial charge in [0.05, 0.1) is 11.3 Å². The van der Waals surface area contributed by atoms with Gasteiger partial charge in [0, 0.05) is 0 Å². The van der Waals surface area contributed by atoms with E-state index in [9.17, 15) is 0 Å². The lowest BCUT2D eigenvalue weighted by Gasteiger charge is -2.04. The third kappa shape index (κ3) is 10.7. The van der Waals surface area contributed by atoms with Crippen molar-refractivity contribution in [2.45, 2.75) is 63.2 Å². The summed E-state index contributed by atoms with van der Waals surface area (Å²) < 4.78 is 0. The molecule has 0 saturated heterocycles. The van der Waals surface area contributed by atoms with E-state index in [1.807, 2.05) is 0 Å². The van der Waals surface area contributed by atoms with Crippen molar-refractivity contribution in [1.29, 1.82) is 0 Å². The molecule has 0 nitrogen and oxygen atoms in total. The van der Waals surface area contributed by atoms with Crippen molar-refractivity contribution in [1.82, 2.24) is 0 Å². The van der Waals surface area contributed by atoms with Crippen molar-refractivity contribution < 1.29 is 0 Å². The van der Waals surface area contributed by atoms with Crippen LogP contribution in [0.3, 0.4) is 0 Å². The van der Waals surface area contributed by atoms with Crippen LogP contribution < -0.4 is 0 Å². The molecule has 0 aliphatic rings. The van der Waals surface area contributed by atoms with Gasteiger partial charge in [0.15, 0.2) is 0 Å². The van der Waals surface area contributed by atoms with Crippen molar-refractivity contribution in [3.8, 4) is 0 Å². The van der Waals surface area contributed by atoms with Crippen molar-refractivity contribution in [2.75, 3.05) is 0 Å². The molecule has 0 fully saturated rings. The molecule has 1 unspecified atom stereocenters. The van der Waals surface area contributed by atoms with Crippen LogP contribution in [0.15, 0.2) is 0 Å². The lowest BCUT2D eigenvalue weighted by molar-refractivity contribution is 0.571. The van der Waals surface area contributed by atoms with Crippen molar-refractivity contribution in [3.63, 3.8) is 0 Å². The van der Waals surface area contributed by atoms with Gasteiger partial charge in [-0.05, 0) is 6.42 Å². The first kappa shape index (κ1) is 14.6. The van der Waals surface area contributed by atoms with Crippen LogP contribution in [0.2, 0.25) is 0 Å². The Morgan fingerprint density at radius 1 is 0.929 bits per heavy atom. The van der Waals surface area contributed by atoms with E-state index in [0.717, 1.165) is 12.8 Å². The standard InChI is InChI=1S/C12H22Cl2/c1-2-3-4-5-6-7-8-9-10-12(14)11-13/h11-12H,1-10H2. The second kappa shape index (κ2) is 11.7. The van der Waals surface area contributed by atoms with Gasteiger partial charge in [0.1, 0.15) is 0 Å². The summed E-state index contributed by atoms with van der Waals surface area (Å²) in [7, 11) is 0. The molecule has 0 aliphatic heterocycles. The Labute approximate surface area is 99.4 Å². The number of halogens is 2. The van der Waals surface area contributed by atoms with Gasteiger partial charge in [-0.25, -0.2) is 0 Å². The van der Waals surface area contributed by atoms with E-state index in [4.69, 9.17) is 23.2 Å². The molecule has 0 spiro atoms. The van der Waals surface area contributed by atoms with Crippen LogP contribution in [0.5, 0.6) is 0 Å². The monoisotopic (exact) mass is 236 g/mol. The SMILES string of the molecule is [CH2]CCCCCCCCCC(Cl)[CH]Cl. The molecule has 0 heterocycles. The van der Waals surface area contributed by atoms with Gasteiger partial charge in [0.25, 0.3) is 0 Å². The molecule has 1 atom stereocenters. The molecule has 0 amide bonds. The van der Waals surface area contributed by atoms with Crippen molar-refractivity contribution in [2.24, 2.45) is 0 Å². The molecule has 0 bridgehead atoms. The van der Waals surface area contributed by atoms with Crippen LogP contribution in [0.25, 0.3) is 0 Å². The first-order chi connectivity index (χ1) is 6.81. The lowest BCUT2D eigenvalue weighted by atomic mass is 10.1. The number of rotatable bonds is 10. The molecule has 0 aromatic rings. The minimum atomic E-state index is 0.0582. The van der Waals surface area contributed by atoms with E-state index >= 15 is 0 Å². The van der Waals surface area contributed by atoms with Gasteiger partial charge in [-0.15, -0.1) is 23.2 Å². The Morgan fingerprint density at radius 3 is 1.93 bits per heavy atom. The summed E-state index contributed by atoms with van der Waals surface area (Å²) in [6.45, 7) is 3.83. The predicted molar refractivity (Wildman–Crippen MR) is 66.7 cm³/mol. The Hall–Kier alpha value is 0.580. The van der Waals surface area contributed by atoms with E-state index in [0.29, 0.717) is 0 Å². The minimum absolute atomic E-state index is 0.0582. The molecule has 84 valence electrons. The molecule has 0 saturated carbocycles. The van der Waals surface area contributed by atoms with Crippen LogP contribution in [0.1, 0.15) is 57.8 Å². The summed E-state index contributed by atoms with van der Waals surface area (Å²) in [5.41, 5.74) is 0. The number of unbranched alkanes of at least 4 members (excludes halogenated alkanes) is 7. The van der Waals surface area contributed by atoms with E-state index in [2.05, 4.69) is 6.92 Å². The van der Waals surface area contributed by atoms with Gasteiger partial charge in [-0.2, -0.15) is 0 Å². The zero-order valence-corrected chi connectivity index (χ0v) is 10.5.